The van der Waals surface area contributed by atoms with Gasteiger partial charge in [0.2, 0.25) is 0 Å². The van der Waals surface area contributed by atoms with E-state index in [1.165, 1.54) is 11.1 Å². The maximum atomic E-state index is 9.13. The molecule has 3 rings (SSSR count). The van der Waals surface area contributed by atoms with Gasteiger partial charge in [-0.15, -0.1) is 0 Å². The van der Waals surface area contributed by atoms with Crippen LogP contribution in [0.15, 0.2) is 36.4 Å². The Morgan fingerprint density at radius 1 is 1.06 bits per heavy atom. The van der Waals surface area contributed by atoms with E-state index >= 15 is 0 Å². The number of benzene rings is 2. The van der Waals surface area contributed by atoms with Gasteiger partial charge >= 0.3 is 0 Å². The van der Waals surface area contributed by atoms with E-state index in [9.17, 15) is 0 Å². The monoisotopic (exact) mass is 225 g/mol. The SMILES string of the molecule is N#Cc1c(Cl)ccc2c1Cc1ccccc1-2. The highest BCUT2D eigenvalue weighted by molar-refractivity contribution is 6.32. The zero-order valence-electron chi connectivity index (χ0n) is 8.50. The average Bonchev–Trinajstić information content (AvgIpc) is 2.67. The molecule has 1 nitrogen and oxygen atoms in total. The van der Waals surface area contributed by atoms with Gasteiger partial charge in [0.05, 0.1) is 10.6 Å². The molecule has 0 amide bonds. The van der Waals surface area contributed by atoms with Gasteiger partial charge in [-0.2, -0.15) is 5.26 Å². The molecule has 0 radical (unpaired) electrons. The topological polar surface area (TPSA) is 23.8 Å². The highest BCUT2D eigenvalue weighted by atomic mass is 35.5. The van der Waals surface area contributed by atoms with E-state index in [2.05, 4.69) is 18.2 Å². The first kappa shape index (κ1) is 9.45. The van der Waals surface area contributed by atoms with Crippen molar-refractivity contribution in [2.24, 2.45) is 0 Å². The summed E-state index contributed by atoms with van der Waals surface area (Å²) in [5.41, 5.74) is 5.34. The Morgan fingerprint density at radius 2 is 1.88 bits per heavy atom. The van der Waals surface area contributed by atoms with Gasteiger partial charge in [0.1, 0.15) is 6.07 Å². The summed E-state index contributed by atoms with van der Waals surface area (Å²) in [6, 6.07) is 14.3. The number of rotatable bonds is 0. The molecule has 0 saturated heterocycles. The smallest absolute Gasteiger partial charge is 0.101 e. The molecule has 1 aliphatic carbocycles. The lowest BCUT2D eigenvalue weighted by Gasteiger charge is -2.03. The third kappa shape index (κ3) is 1.17. The molecule has 0 heterocycles. The number of hydrogen-bond donors (Lipinski definition) is 0. The van der Waals surface area contributed by atoms with Gasteiger partial charge in [-0.25, -0.2) is 0 Å². The van der Waals surface area contributed by atoms with Crippen LogP contribution in [0.2, 0.25) is 5.02 Å². The molecule has 0 fully saturated rings. The third-order valence-electron chi connectivity index (χ3n) is 3.05. The Bertz CT molecular complexity index is 623. The molecular weight excluding hydrogens is 218 g/mol. The normalized spacial score (nSPS) is 11.8. The van der Waals surface area contributed by atoms with Crippen LogP contribution in [0.4, 0.5) is 0 Å². The second kappa shape index (κ2) is 3.37. The lowest BCUT2D eigenvalue weighted by atomic mass is 10.0. The lowest BCUT2D eigenvalue weighted by molar-refractivity contribution is 1.24. The quantitative estimate of drug-likeness (QED) is 0.571. The molecule has 2 heteroatoms. The van der Waals surface area contributed by atoms with Crippen LogP contribution in [-0.2, 0) is 6.42 Å². The van der Waals surface area contributed by atoms with Gasteiger partial charge in [-0.3, -0.25) is 0 Å². The first-order valence-corrected chi connectivity index (χ1v) is 5.49. The number of hydrogen-bond acceptors (Lipinski definition) is 1. The minimum Gasteiger partial charge on any atom is -0.192 e. The summed E-state index contributed by atoms with van der Waals surface area (Å²) >= 11 is 6.03. The second-order valence-electron chi connectivity index (χ2n) is 3.89. The molecule has 0 bridgehead atoms. The van der Waals surface area contributed by atoms with Gasteiger partial charge in [-0.1, -0.05) is 41.9 Å². The number of nitrogens with zero attached hydrogens (tertiary/aromatic N) is 1. The van der Waals surface area contributed by atoms with Crippen molar-refractivity contribution in [3.05, 3.63) is 58.1 Å². The fourth-order valence-corrected chi connectivity index (χ4v) is 2.52. The fraction of sp³-hybridized carbons (Fsp3) is 0.0714. The van der Waals surface area contributed by atoms with E-state index in [-0.39, 0.29) is 0 Å². The number of nitriles is 1. The molecule has 0 spiro atoms. The van der Waals surface area contributed by atoms with Crippen molar-refractivity contribution in [3.8, 4) is 17.2 Å². The lowest BCUT2D eigenvalue weighted by Crippen LogP contribution is -1.88. The molecule has 0 atom stereocenters. The van der Waals surface area contributed by atoms with Gasteiger partial charge < -0.3 is 0 Å². The van der Waals surface area contributed by atoms with Gasteiger partial charge in [0, 0.05) is 6.42 Å². The van der Waals surface area contributed by atoms with E-state index < -0.39 is 0 Å². The minimum atomic E-state index is 0.550. The van der Waals surface area contributed by atoms with E-state index in [0.29, 0.717) is 10.6 Å². The fourth-order valence-electron chi connectivity index (χ4n) is 2.30. The highest BCUT2D eigenvalue weighted by Gasteiger charge is 2.21. The molecule has 0 N–H and O–H groups in total. The summed E-state index contributed by atoms with van der Waals surface area (Å²) in [7, 11) is 0. The summed E-state index contributed by atoms with van der Waals surface area (Å²) in [6.45, 7) is 0. The molecule has 0 unspecified atom stereocenters. The third-order valence-corrected chi connectivity index (χ3v) is 3.36. The predicted octanol–water partition coefficient (Wildman–Crippen LogP) is 3.78. The summed E-state index contributed by atoms with van der Waals surface area (Å²) < 4.78 is 0. The molecule has 1 aliphatic rings. The van der Waals surface area contributed by atoms with E-state index in [1.807, 2.05) is 18.2 Å². The van der Waals surface area contributed by atoms with Crippen LogP contribution in [0, 0.1) is 11.3 Å². The van der Waals surface area contributed by atoms with Crippen LogP contribution >= 0.6 is 11.6 Å². The maximum absolute atomic E-state index is 9.13. The second-order valence-corrected chi connectivity index (χ2v) is 4.30. The molecular formula is C14H8ClN. The molecule has 0 aliphatic heterocycles. The number of halogens is 1. The van der Waals surface area contributed by atoms with Crippen molar-refractivity contribution >= 4 is 11.6 Å². The Balaban J connectivity index is 2.33. The standard InChI is InChI=1S/C14H8ClN/c15-14-6-5-11-10-4-2-1-3-9(10)7-12(11)13(14)8-16/h1-6H,7H2. The van der Waals surface area contributed by atoms with Crippen LogP contribution in [0.1, 0.15) is 16.7 Å². The largest absolute Gasteiger partial charge is 0.192 e. The van der Waals surface area contributed by atoms with E-state index in [1.54, 1.807) is 6.07 Å². The zero-order chi connectivity index (χ0) is 11.1. The predicted molar refractivity (Wildman–Crippen MR) is 64.4 cm³/mol. The summed E-state index contributed by atoms with van der Waals surface area (Å²) in [5, 5.41) is 9.68. The van der Waals surface area contributed by atoms with Gasteiger partial charge in [0.15, 0.2) is 0 Å². The highest BCUT2D eigenvalue weighted by Crippen LogP contribution is 2.39. The van der Waals surface area contributed by atoms with Crippen molar-refractivity contribution in [3.63, 3.8) is 0 Å². The minimum absolute atomic E-state index is 0.550. The Hall–Kier alpha value is -1.78. The molecule has 0 aromatic heterocycles. The van der Waals surface area contributed by atoms with Crippen molar-refractivity contribution in [1.29, 1.82) is 5.26 Å². The average molecular weight is 226 g/mol. The zero-order valence-corrected chi connectivity index (χ0v) is 9.25. The Kier molecular flexibility index (Phi) is 1.99. The molecule has 2 aromatic rings. The Morgan fingerprint density at radius 3 is 2.69 bits per heavy atom. The van der Waals surface area contributed by atoms with Crippen molar-refractivity contribution < 1.29 is 0 Å². The summed E-state index contributed by atoms with van der Waals surface area (Å²) in [4.78, 5) is 0. The van der Waals surface area contributed by atoms with Gasteiger partial charge in [0.25, 0.3) is 0 Å². The van der Waals surface area contributed by atoms with Crippen LogP contribution in [-0.4, -0.2) is 0 Å². The maximum Gasteiger partial charge on any atom is 0.101 e. The van der Waals surface area contributed by atoms with E-state index in [0.717, 1.165) is 17.5 Å². The van der Waals surface area contributed by atoms with Crippen LogP contribution < -0.4 is 0 Å². The van der Waals surface area contributed by atoms with E-state index in [4.69, 9.17) is 16.9 Å². The van der Waals surface area contributed by atoms with Crippen LogP contribution in [0.25, 0.3) is 11.1 Å². The van der Waals surface area contributed by atoms with Crippen LogP contribution in [0.5, 0.6) is 0 Å². The van der Waals surface area contributed by atoms with Crippen molar-refractivity contribution in [2.75, 3.05) is 0 Å². The first-order valence-electron chi connectivity index (χ1n) is 5.11. The van der Waals surface area contributed by atoms with Crippen molar-refractivity contribution in [1.82, 2.24) is 0 Å². The van der Waals surface area contributed by atoms with Crippen molar-refractivity contribution in [2.45, 2.75) is 6.42 Å². The molecule has 76 valence electrons. The summed E-state index contributed by atoms with van der Waals surface area (Å²) in [5.74, 6) is 0. The van der Waals surface area contributed by atoms with Gasteiger partial charge in [-0.05, 0) is 28.3 Å². The molecule has 0 saturated carbocycles. The summed E-state index contributed by atoms with van der Waals surface area (Å²) in [6.07, 6.45) is 0.814. The Labute approximate surface area is 98.9 Å². The molecule has 2 aromatic carbocycles. The number of fused-ring (bicyclic) bond motifs is 3. The first-order chi connectivity index (χ1) is 7.81. The van der Waals surface area contributed by atoms with Crippen LogP contribution in [0.3, 0.4) is 0 Å². The molecule has 16 heavy (non-hydrogen) atoms.